The predicted molar refractivity (Wildman–Crippen MR) is 86.9 cm³/mol. The molecule has 19 heavy (non-hydrogen) atoms. The molecule has 1 aromatic heterocycles. The summed E-state index contributed by atoms with van der Waals surface area (Å²) in [6.45, 7) is 4.91. The van der Waals surface area contributed by atoms with Crippen LogP contribution in [0, 0.1) is 9.39 Å². The first-order valence-corrected chi connectivity index (χ1v) is 8.12. The number of nitrogens with zero attached hydrogens (tertiary/aromatic N) is 2. The Morgan fingerprint density at radius 2 is 2.05 bits per heavy atom. The van der Waals surface area contributed by atoms with Crippen molar-refractivity contribution in [1.82, 2.24) is 9.78 Å². The molecular formula is C14H15BrFIN2. The zero-order valence-corrected chi connectivity index (χ0v) is 14.6. The monoisotopic (exact) mass is 436 g/mol. The molecule has 0 amide bonds. The summed E-state index contributed by atoms with van der Waals surface area (Å²) >= 11 is 5.77. The Kier molecular flexibility index (Phi) is 5.00. The van der Waals surface area contributed by atoms with Crippen LogP contribution in [0.25, 0.3) is 0 Å². The van der Waals surface area contributed by atoms with Gasteiger partial charge in [0.25, 0.3) is 0 Å². The van der Waals surface area contributed by atoms with Crippen molar-refractivity contribution < 1.29 is 4.39 Å². The number of hydrogen-bond donors (Lipinski definition) is 0. The maximum absolute atomic E-state index is 13.1. The number of aryl methyl sites for hydroxylation is 1. The lowest BCUT2D eigenvalue weighted by atomic mass is 10.2. The van der Waals surface area contributed by atoms with Crippen molar-refractivity contribution in [2.75, 3.05) is 0 Å². The largest absolute Gasteiger partial charge is 0.264 e. The maximum Gasteiger partial charge on any atom is 0.124 e. The SMILES string of the molecule is CCc1nn(Cc2ccc(F)cc2Br)c(CC)c1I. The average Bonchev–Trinajstić information content (AvgIpc) is 2.68. The predicted octanol–water partition coefficient (Wildman–Crippen LogP) is 4.56. The highest BCUT2D eigenvalue weighted by Gasteiger charge is 2.14. The van der Waals surface area contributed by atoms with E-state index in [-0.39, 0.29) is 5.82 Å². The fourth-order valence-electron chi connectivity index (χ4n) is 2.04. The first-order chi connectivity index (χ1) is 9.06. The Morgan fingerprint density at radius 3 is 2.63 bits per heavy atom. The molecule has 0 spiro atoms. The van der Waals surface area contributed by atoms with E-state index in [2.05, 4.69) is 57.5 Å². The van der Waals surface area contributed by atoms with Crippen molar-refractivity contribution in [2.24, 2.45) is 0 Å². The summed E-state index contributed by atoms with van der Waals surface area (Å²) in [5, 5.41) is 4.65. The summed E-state index contributed by atoms with van der Waals surface area (Å²) in [5.41, 5.74) is 3.42. The Balaban J connectivity index is 2.37. The molecule has 0 saturated carbocycles. The Labute approximate surface area is 134 Å². The van der Waals surface area contributed by atoms with Gasteiger partial charge < -0.3 is 0 Å². The van der Waals surface area contributed by atoms with Gasteiger partial charge in [-0.1, -0.05) is 35.8 Å². The summed E-state index contributed by atoms with van der Waals surface area (Å²) in [6, 6.07) is 4.79. The van der Waals surface area contributed by atoms with Crippen LogP contribution in [-0.4, -0.2) is 9.78 Å². The van der Waals surface area contributed by atoms with Gasteiger partial charge in [0, 0.05) is 4.47 Å². The molecule has 2 nitrogen and oxygen atoms in total. The van der Waals surface area contributed by atoms with Gasteiger partial charge in [-0.05, 0) is 53.1 Å². The lowest BCUT2D eigenvalue weighted by Crippen LogP contribution is -2.07. The van der Waals surface area contributed by atoms with E-state index in [0.29, 0.717) is 6.54 Å². The Morgan fingerprint density at radius 1 is 1.32 bits per heavy atom. The van der Waals surface area contributed by atoms with Crippen LogP contribution >= 0.6 is 38.5 Å². The van der Waals surface area contributed by atoms with Crippen LogP contribution in [0.3, 0.4) is 0 Å². The normalized spacial score (nSPS) is 11.0. The number of benzene rings is 1. The molecule has 2 aromatic rings. The van der Waals surface area contributed by atoms with Crippen LogP contribution in [0.1, 0.15) is 30.8 Å². The quantitative estimate of drug-likeness (QED) is 0.642. The summed E-state index contributed by atoms with van der Waals surface area (Å²) in [7, 11) is 0. The van der Waals surface area contributed by atoms with Gasteiger partial charge in [0.2, 0.25) is 0 Å². The minimum Gasteiger partial charge on any atom is -0.264 e. The van der Waals surface area contributed by atoms with E-state index in [1.54, 1.807) is 6.07 Å². The highest BCUT2D eigenvalue weighted by Crippen LogP contribution is 2.23. The zero-order valence-electron chi connectivity index (χ0n) is 10.9. The molecule has 0 fully saturated rings. The van der Waals surface area contributed by atoms with Crippen LogP contribution in [0.2, 0.25) is 0 Å². The topological polar surface area (TPSA) is 17.8 Å². The minimum absolute atomic E-state index is 0.226. The molecule has 0 atom stereocenters. The van der Waals surface area contributed by atoms with Crippen LogP contribution < -0.4 is 0 Å². The van der Waals surface area contributed by atoms with Gasteiger partial charge in [0.15, 0.2) is 0 Å². The van der Waals surface area contributed by atoms with Crippen molar-refractivity contribution >= 4 is 38.5 Å². The summed E-state index contributed by atoms with van der Waals surface area (Å²) in [6.07, 6.45) is 1.88. The van der Waals surface area contributed by atoms with Crippen molar-refractivity contribution in [3.8, 4) is 0 Å². The molecule has 0 aliphatic carbocycles. The number of hydrogen-bond acceptors (Lipinski definition) is 1. The molecule has 0 radical (unpaired) electrons. The molecule has 5 heteroatoms. The smallest absolute Gasteiger partial charge is 0.124 e. The van der Waals surface area contributed by atoms with Gasteiger partial charge in [0.05, 0.1) is 21.5 Å². The third kappa shape index (κ3) is 3.18. The molecule has 1 aromatic carbocycles. The van der Waals surface area contributed by atoms with Gasteiger partial charge in [-0.15, -0.1) is 0 Å². The van der Waals surface area contributed by atoms with Gasteiger partial charge in [0.1, 0.15) is 5.82 Å². The highest BCUT2D eigenvalue weighted by molar-refractivity contribution is 14.1. The van der Waals surface area contributed by atoms with E-state index in [9.17, 15) is 4.39 Å². The minimum atomic E-state index is -0.226. The van der Waals surface area contributed by atoms with E-state index in [1.807, 2.05) is 4.68 Å². The second-order valence-electron chi connectivity index (χ2n) is 4.31. The average molecular weight is 437 g/mol. The lowest BCUT2D eigenvalue weighted by molar-refractivity contribution is 0.617. The second kappa shape index (κ2) is 6.35. The van der Waals surface area contributed by atoms with Crippen molar-refractivity contribution in [3.05, 3.63) is 49.0 Å². The molecule has 0 saturated heterocycles. The molecule has 0 aliphatic heterocycles. The molecule has 102 valence electrons. The second-order valence-corrected chi connectivity index (χ2v) is 6.24. The van der Waals surface area contributed by atoms with Crippen LogP contribution in [-0.2, 0) is 19.4 Å². The van der Waals surface area contributed by atoms with Crippen molar-refractivity contribution in [1.29, 1.82) is 0 Å². The standard InChI is InChI=1S/C14H15BrFIN2/c1-3-12-14(17)13(4-2)19(18-12)8-9-5-6-10(16)7-11(9)15/h5-7H,3-4,8H2,1-2H3. The Bertz CT molecular complexity index is 595. The maximum atomic E-state index is 13.1. The summed E-state index contributed by atoms with van der Waals surface area (Å²) in [5.74, 6) is -0.226. The molecule has 0 unspecified atom stereocenters. The first kappa shape index (κ1) is 15.0. The van der Waals surface area contributed by atoms with Gasteiger partial charge in [-0.2, -0.15) is 5.10 Å². The van der Waals surface area contributed by atoms with Crippen molar-refractivity contribution in [2.45, 2.75) is 33.2 Å². The van der Waals surface area contributed by atoms with Gasteiger partial charge in [-0.3, -0.25) is 4.68 Å². The lowest BCUT2D eigenvalue weighted by Gasteiger charge is -2.08. The summed E-state index contributed by atoms with van der Waals surface area (Å²) < 4.78 is 17.2. The third-order valence-corrected chi connectivity index (χ3v) is 5.05. The van der Waals surface area contributed by atoms with Crippen LogP contribution in [0.15, 0.2) is 22.7 Å². The fourth-order valence-corrected chi connectivity index (χ4v) is 3.66. The molecule has 0 bridgehead atoms. The molecular weight excluding hydrogens is 422 g/mol. The van der Waals surface area contributed by atoms with E-state index >= 15 is 0 Å². The Hall–Kier alpha value is -0.430. The van der Waals surface area contributed by atoms with Crippen LogP contribution in [0.5, 0.6) is 0 Å². The zero-order chi connectivity index (χ0) is 14.0. The molecule has 2 rings (SSSR count). The van der Waals surface area contributed by atoms with Gasteiger partial charge in [-0.25, -0.2) is 4.39 Å². The van der Waals surface area contributed by atoms with Crippen LogP contribution in [0.4, 0.5) is 4.39 Å². The first-order valence-electron chi connectivity index (χ1n) is 6.24. The molecule has 0 aliphatic rings. The fraction of sp³-hybridized carbons (Fsp3) is 0.357. The summed E-state index contributed by atoms with van der Waals surface area (Å²) in [4.78, 5) is 0. The van der Waals surface area contributed by atoms with Gasteiger partial charge >= 0.3 is 0 Å². The van der Waals surface area contributed by atoms with E-state index in [1.165, 1.54) is 21.4 Å². The third-order valence-electron chi connectivity index (χ3n) is 3.06. The number of rotatable bonds is 4. The molecule has 0 N–H and O–H groups in total. The number of halogens is 3. The number of aromatic nitrogens is 2. The van der Waals surface area contributed by atoms with E-state index in [0.717, 1.165) is 28.6 Å². The highest BCUT2D eigenvalue weighted by atomic mass is 127. The van der Waals surface area contributed by atoms with E-state index < -0.39 is 0 Å². The van der Waals surface area contributed by atoms with E-state index in [4.69, 9.17) is 0 Å². The molecule has 1 heterocycles. The van der Waals surface area contributed by atoms with Crippen molar-refractivity contribution in [3.63, 3.8) is 0 Å².